The van der Waals surface area contributed by atoms with E-state index < -0.39 is 15.3 Å². The van der Waals surface area contributed by atoms with Crippen molar-refractivity contribution in [3.8, 4) is 6.07 Å². The molecule has 0 radical (unpaired) electrons. The van der Waals surface area contributed by atoms with Crippen LogP contribution >= 0.6 is 0 Å². The Morgan fingerprint density at radius 2 is 1.69 bits per heavy atom. The molecule has 1 heterocycles. The van der Waals surface area contributed by atoms with Crippen molar-refractivity contribution in [2.24, 2.45) is 29.1 Å². The third-order valence-corrected chi connectivity index (χ3v) is 6.67. The monoisotopic (exact) mass is 241 g/mol. The first-order valence-electron chi connectivity index (χ1n) is 5.73. The highest BCUT2D eigenvalue weighted by molar-refractivity contribution is 7.91. The molecule has 1 saturated heterocycles. The van der Waals surface area contributed by atoms with Crippen LogP contribution in [0, 0.1) is 40.4 Å². The third kappa shape index (κ3) is 1.20. The van der Waals surface area contributed by atoms with Crippen molar-refractivity contribution in [2.45, 2.75) is 12.8 Å². The van der Waals surface area contributed by atoms with Crippen molar-refractivity contribution >= 4 is 9.84 Å². The molecule has 0 aromatic rings. The summed E-state index contributed by atoms with van der Waals surface area (Å²) in [7, 11) is -2.82. The number of aliphatic hydroxyl groups excluding tert-OH is 1. The lowest BCUT2D eigenvalue weighted by atomic mass is 9.60. The molecule has 5 heteroatoms. The molecule has 1 aliphatic heterocycles. The molecule has 1 N–H and O–H groups in total. The van der Waals surface area contributed by atoms with Crippen molar-refractivity contribution in [3.63, 3.8) is 0 Å². The number of aliphatic hydroxyl groups is 1. The SMILES string of the molecule is N#CC1(CO)C[C@@H]2[C@H](C1)[C@H]1CS(=O)(=O)C[C@H]21. The maximum Gasteiger partial charge on any atom is 0.150 e. The maximum absolute atomic E-state index is 11.5. The van der Waals surface area contributed by atoms with E-state index in [1.807, 2.05) is 0 Å². The Kier molecular flexibility index (Phi) is 1.97. The molecule has 2 saturated carbocycles. The number of nitriles is 1. The molecule has 0 bridgehead atoms. The van der Waals surface area contributed by atoms with Crippen LogP contribution in [0.2, 0.25) is 0 Å². The minimum Gasteiger partial charge on any atom is -0.395 e. The summed E-state index contributed by atoms with van der Waals surface area (Å²) in [6.45, 7) is -0.0807. The van der Waals surface area contributed by atoms with Gasteiger partial charge in [0.25, 0.3) is 0 Å². The lowest BCUT2D eigenvalue weighted by Crippen LogP contribution is -2.42. The van der Waals surface area contributed by atoms with Gasteiger partial charge in [-0.15, -0.1) is 0 Å². The van der Waals surface area contributed by atoms with Crippen molar-refractivity contribution < 1.29 is 13.5 Å². The molecule has 2 aliphatic carbocycles. The Balaban J connectivity index is 1.83. The topological polar surface area (TPSA) is 78.2 Å². The predicted octanol–water partition coefficient (Wildman–Crippen LogP) is 0.189. The minimum absolute atomic E-state index is 0.0807. The molecule has 4 nitrogen and oxygen atoms in total. The Bertz CT molecular complexity index is 438. The Morgan fingerprint density at radius 3 is 2.06 bits per heavy atom. The van der Waals surface area contributed by atoms with Gasteiger partial charge < -0.3 is 5.11 Å². The molecule has 3 aliphatic rings. The molecule has 0 amide bonds. The minimum atomic E-state index is -2.82. The normalized spacial score (nSPS) is 52.5. The van der Waals surface area contributed by atoms with E-state index in [9.17, 15) is 13.5 Å². The molecule has 16 heavy (non-hydrogen) atoms. The number of hydrogen-bond acceptors (Lipinski definition) is 4. The van der Waals surface area contributed by atoms with Gasteiger partial charge in [-0.1, -0.05) is 0 Å². The van der Waals surface area contributed by atoms with Gasteiger partial charge in [0.2, 0.25) is 0 Å². The van der Waals surface area contributed by atoms with Crippen molar-refractivity contribution in [2.75, 3.05) is 18.1 Å². The zero-order valence-electron chi connectivity index (χ0n) is 8.96. The highest BCUT2D eigenvalue weighted by Crippen LogP contribution is 2.63. The van der Waals surface area contributed by atoms with Crippen LogP contribution in [0.25, 0.3) is 0 Å². The average Bonchev–Trinajstić information content (AvgIpc) is 2.73. The molecular formula is C11H15NO3S. The second kappa shape index (κ2) is 2.99. The van der Waals surface area contributed by atoms with Gasteiger partial charge in [-0.3, -0.25) is 0 Å². The number of rotatable bonds is 1. The van der Waals surface area contributed by atoms with E-state index in [4.69, 9.17) is 5.26 Å². The van der Waals surface area contributed by atoms with Gasteiger partial charge in [-0.05, 0) is 36.5 Å². The summed E-state index contributed by atoms with van der Waals surface area (Å²) in [5.74, 6) is 1.91. The second-order valence-corrected chi connectivity index (χ2v) is 7.84. The van der Waals surface area contributed by atoms with Crippen LogP contribution in [-0.2, 0) is 9.84 Å². The van der Waals surface area contributed by atoms with Crippen LogP contribution in [0.3, 0.4) is 0 Å². The van der Waals surface area contributed by atoms with Gasteiger partial charge in [-0.2, -0.15) is 5.26 Å². The zero-order valence-corrected chi connectivity index (χ0v) is 9.78. The molecule has 3 fully saturated rings. The summed E-state index contributed by atoms with van der Waals surface area (Å²) in [6.07, 6.45) is 1.39. The number of fused-ring (bicyclic) bond motifs is 4. The molecule has 0 aromatic carbocycles. The van der Waals surface area contributed by atoms with Gasteiger partial charge in [-0.25, -0.2) is 8.42 Å². The highest BCUT2D eigenvalue weighted by Gasteiger charge is 2.63. The maximum atomic E-state index is 11.5. The predicted molar refractivity (Wildman–Crippen MR) is 57.0 cm³/mol. The van der Waals surface area contributed by atoms with E-state index in [0.29, 0.717) is 36.2 Å². The fourth-order valence-electron chi connectivity index (χ4n) is 4.12. The van der Waals surface area contributed by atoms with E-state index in [1.165, 1.54) is 0 Å². The number of sulfone groups is 1. The molecular weight excluding hydrogens is 226 g/mol. The first-order chi connectivity index (χ1) is 7.50. The quantitative estimate of drug-likeness (QED) is 0.711. The van der Waals surface area contributed by atoms with Gasteiger partial charge in [0.05, 0.1) is 29.6 Å². The Hall–Kier alpha value is -0.600. The van der Waals surface area contributed by atoms with Crippen molar-refractivity contribution in [3.05, 3.63) is 0 Å². The second-order valence-electron chi connectivity index (χ2n) is 5.69. The largest absolute Gasteiger partial charge is 0.395 e. The molecule has 0 spiro atoms. The van der Waals surface area contributed by atoms with Crippen LogP contribution in [0.15, 0.2) is 0 Å². The summed E-state index contributed by atoms with van der Waals surface area (Å²) < 4.78 is 23.0. The van der Waals surface area contributed by atoms with Crippen molar-refractivity contribution in [1.82, 2.24) is 0 Å². The summed E-state index contributed by atoms with van der Waals surface area (Å²) in [5, 5.41) is 18.4. The van der Waals surface area contributed by atoms with Crippen LogP contribution in [-0.4, -0.2) is 31.6 Å². The van der Waals surface area contributed by atoms with Crippen LogP contribution in [0.4, 0.5) is 0 Å². The molecule has 5 atom stereocenters. The summed E-state index contributed by atoms with van der Waals surface area (Å²) in [4.78, 5) is 0. The summed E-state index contributed by atoms with van der Waals surface area (Å²) in [6, 6.07) is 2.24. The van der Waals surface area contributed by atoms with E-state index in [-0.39, 0.29) is 18.4 Å². The fourth-order valence-corrected chi connectivity index (χ4v) is 6.42. The van der Waals surface area contributed by atoms with Gasteiger partial charge in [0, 0.05) is 0 Å². The number of hydrogen-bond donors (Lipinski definition) is 1. The zero-order chi connectivity index (χ0) is 11.6. The highest BCUT2D eigenvalue weighted by atomic mass is 32.2. The Morgan fingerprint density at radius 1 is 1.19 bits per heavy atom. The smallest absolute Gasteiger partial charge is 0.150 e. The van der Waals surface area contributed by atoms with Crippen LogP contribution < -0.4 is 0 Å². The molecule has 3 rings (SSSR count). The van der Waals surface area contributed by atoms with Crippen molar-refractivity contribution in [1.29, 1.82) is 5.26 Å². The lowest BCUT2D eigenvalue weighted by Gasteiger charge is -2.43. The standard InChI is InChI=1S/C11H15NO3S/c12-5-11(6-13)1-7-8(2-11)10-4-16(14,15)3-9(7)10/h7-10,13H,1-4,6H2/t7-,8+,9-,10-,11?/m1/s1. The average molecular weight is 241 g/mol. The van der Waals surface area contributed by atoms with E-state index in [2.05, 4.69) is 6.07 Å². The summed E-state index contributed by atoms with van der Waals surface area (Å²) in [5.41, 5.74) is -0.580. The molecule has 1 unspecified atom stereocenters. The fraction of sp³-hybridized carbons (Fsp3) is 0.909. The van der Waals surface area contributed by atoms with Crippen LogP contribution in [0.5, 0.6) is 0 Å². The first-order valence-corrected chi connectivity index (χ1v) is 7.55. The van der Waals surface area contributed by atoms with Gasteiger partial charge in [0.1, 0.15) is 0 Å². The molecule has 0 aromatic heterocycles. The summed E-state index contributed by atoms with van der Waals surface area (Å²) >= 11 is 0. The van der Waals surface area contributed by atoms with E-state index in [0.717, 1.165) is 0 Å². The van der Waals surface area contributed by atoms with E-state index in [1.54, 1.807) is 0 Å². The van der Waals surface area contributed by atoms with Gasteiger partial charge >= 0.3 is 0 Å². The number of nitrogens with zero attached hydrogens (tertiary/aromatic N) is 1. The lowest BCUT2D eigenvalue weighted by molar-refractivity contribution is 0.0462. The van der Waals surface area contributed by atoms with Crippen LogP contribution in [0.1, 0.15) is 12.8 Å². The first kappa shape index (κ1) is 10.5. The third-order valence-electron chi connectivity index (χ3n) is 4.89. The molecule has 88 valence electrons. The van der Waals surface area contributed by atoms with E-state index >= 15 is 0 Å². The van der Waals surface area contributed by atoms with Gasteiger partial charge in [0.15, 0.2) is 9.84 Å². The Labute approximate surface area is 95.2 Å².